The number of aliphatic carboxylic acids is 1. The molecule has 0 aliphatic heterocycles. The van der Waals surface area contributed by atoms with Crippen LogP contribution in [0.3, 0.4) is 0 Å². The molecule has 1 N–H and O–H groups in total. The highest BCUT2D eigenvalue weighted by molar-refractivity contribution is 5.67. The summed E-state index contributed by atoms with van der Waals surface area (Å²) in [6.07, 6.45) is -0.0601. The third-order valence-corrected chi connectivity index (χ3v) is 2.40. The lowest BCUT2D eigenvalue weighted by atomic mass is 10.2. The molecule has 0 atom stereocenters. The molecule has 9 heteroatoms. The standard InChI is InChI=1S/C10H9N5O4/c16-10(17)6-5-9-11-12-13-14(9)7-3-1-2-4-8(7)15(18)19/h1-4H,5-6H2,(H,16,17). The van der Waals surface area contributed by atoms with Gasteiger partial charge in [-0.2, -0.15) is 4.68 Å². The van der Waals surface area contributed by atoms with Crippen LogP contribution in [0.15, 0.2) is 24.3 Å². The highest BCUT2D eigenvalue weighted by Gasteiger charge is 2.18. The maximum atomic E-state index is 10.9. The fourth-order valence-electron chi connectivity index (χ4n) is 1.57. The molecule has 0 fully saturated rings. The first-order valence-electron chi connectivity index (χ1n) is 5.32. The van der Waals surface area contributed by atoms with E-state index in [-0.39, 0.29) is 30.0 Å². The second-order valence-electron chi connectivity index (χ2n) is 3.65. The number of aromatic nitrogens is 4. The Kier molecular flexibility index (Phi) is 3.46. The lowest BCUT2D eigenvalue weighted by molar-refractivity contribution is -0.384. The molecule has 0 unspecified atom stereocenters. The number of carbonyl (C=O) groups is 1. The smallest absolute Gasteiger partial charge is 0.303 e. The van der Waals surface area contributed by atoms with Crippen molar-refractivity contribution in [3.8, 4) is 5.69 Å². The summed E-state index contributed by atoms with van der Waals surface area (Å²) in [6, 6.07) is 5.98. The van der Waals surface area contributed by atoms with Gasteiger partial charge in [0.2, 0.25) is 0 Å². The number of benzene rings is 1. The van der Waals surface area contributed by atoms with Crippen molar-refractivity contribution in [1.29, 1.82) is 0 Å². The van der Waals surface area contributed by atoms with E-state index >= 15 is 0 Å². The number of hydrogen-bond donors (Lipinski definition) is 1. The molecular weight excluding hydrogens is 254 g/mol. The fourth-order valence-corrected chi connectivity index (χ4v) is 1.57. The molecule has 0 bridgehead atoms. The zero-order chi connectivity index (χ0) is 13.8. The Hall–Kier alpha value is -2.84. The first-order chi connectivity index (χ1) is 9.09. The van der Waals surface area contributed by atoms with Crippen LogP contribution in [-0.2, 0) is 11.2 Å². The SMILES string of the molecule is O=C(O)CCc1nnnn1-c1ccccc1[N+](=O)[O-]. The Morgan fingerprint density at radius 3 is 2.84 bits per heavy atom. The Morgan fingerprint density at radius 1 is 1.42 bits per heavy atom. The molecule has 0 aliphatic rings. The van der Waals surface area contributed by atoms with Gasteiger partial charge in [-0.1, -0.05) is 12.1 Å². The van der Waals surface area contributed by atoms with Gasteiger partial charge in [-0.3, -0.25) is 14.9 Å². The van der Waals surface area contributed by atoms with Crippen LogP contribution in [-0.4, -0.2) is 36.2 Å². The average molecular weight is 263 g/mol. The molecular formula is C10H9N5O4. The molecule has 0 aliphatic carbocycles. The van der Waals surface area contributed by atoms with Gasteiger partial charge in [-0.15, -0.1) is 5.10 Å². The van der Waals surface area contributed by atoms with Gasteiger partial charge >= 0.3 is 5.97 Å². The molecule has 2 rings (SSSR count). The molecule has 1 aromatic heterocycles. The van der Waals surface area contributed by atoms with Crippen molar-refractivity contribution in [2.45, 2.75) is 12.8 Å². The predicted octanol–water partition coefficient (Wildman–Crippen LogP) is 0.588. The largest absolute Gasteiger partial charge is 0.481 e. The first kappa shape index (κ1) is 12.6. The van der Waals surface area contributed by atoms with E-state index in [9.17, 15) is 14.9 Å². The molecule has 9 nitrogen and oxygen atoms in total. The highest BCUT2D eigenvalue weighted by atomic mass is 16.6. The average Bonchev–Trinajstić information content (AvgIpc) is 2.84. The monoisotopic (exact) mass is 263 g/mol. The van der Waals surface area contributed by atoms with Crippen LogP contribution in [0.2, 0.25) is 0 Å². The molecule has 1 heterocycles. The van der Waals surface area contributed by atoms with E-state index in [4.69, 9.17) is 5.11 Å². The minimum atomic E-state index is -0.989. The molecule has 1 aromatic carbocycles. The van der Waals surface area contributed by atoms with Gasteiger partial charge in [0.05, 0.1) is 11.3 Å². The van der Waals surface area contributed by atoms with Crippen molar-refractivity contribution in [2.75, 3.05) is 0 Å². The van der Waals surface area contributed by atoms with Crippen LogP contribution >= 0.6 is 0 Å². The van der Waals surface area contributed by atoms with Crippen molar-refractivity contribution in [2.24, 2.45) is 0 Å². The molecule has 0 spiro atoms. The summed E-state index contributed by atoms with van der Waals surface area (Å²) in [4.78, 5) is 20.9. The Labute approximate surface area is 106 Å². The van der Waals surface area contributed by atoms with Crippen LogP contribution in [0.4, 0.5) is 5.69 Å². The number of rotatable bonds is 5. The number of aryl methyl sites for hydroxylation is 1. The molecule has 19 heavy (non-hydrogen) atoms. The van der Waals surface area contributed by atoms with Gasteiger partial charge in [0.15, 0.2) is 5.82 Å². The second-order valence-corrected chi connectivity index (χ2v) is 3.65. The fraction of sp³-hybridized carbons (Fsp3) is 0.200. The first-order valence-corrected chi connectivity index (χ1v) is 5.32. The number of para-hydroxylation sites is 2. The Balaban J connectivity index is 2.40. The molecule has 0 saturated carbocycles. The van der Waals surface area contributed by atoms with Crippen LogP contribution in [0.5, 0.6) is 0 Å². The number of nitro benzene ring substituents is 1. The number of hydrogen-bond acceptors (Lipinski definition) is 6. The Bertz CT molecular complexity index is 624. The Morgan fingerprint density at radius 2 is 2.16 bits per heavy atom. The summed E-state index contributed by atoms with van der Waals surface area (Å²) in [6.45, 7) is 0. The van der Waals surface area contributed by atoms with Crippen molar-refractivity contribution in [1.82, 2.24) is 20.2 Å². The summed E-state index contributed by atoms with van der Waals surface area (Å²) in [7, 11) is 0. The zero-order valence-corrected chi connectivity index (χ0v) is 9.63. The van der Waals surface area contributed by atoms with E-state index in [0.29, 0.717) is 0 Å². The van der Waals surface area contributed by atoms with E-state index in [1.165, 1.54) is 22.9 Å². The van der Waals surface area contributed by atoms with E-state index in [1.807, 2.05) is 0 Å². The van der Waals surface area contributed by atoms with Crippen molar-refractivity contribution >= 4 is 11.7 Å². The molecule has 0 radical (unpaired) electrons. The van der Waals surface area contributed by atoms with Gasteiger partial charge in [0, 0.05) is 12.5 Å². The molecule has 2 aromatic rings. The maximum absolute atomic E-state index is 10.9. The van der Waals surface area contributed by atoms with Gasteiger partial charge in [-0.25, -0.2) is 0 Å². The molecule has 0 saturated heterocycles. The quantitative estimate of drug-likeness (QED) is 0.618. The summed E-state index contributed by atoms with van der Waals surface area (Å²) in [5, 5.41) is 30.3. The van der Waals surface area contributed by atoms with Crippen molar-refractivity contribution < 1.29 is 14.8 Å². The van der Waals surface area contributed by atoms with E-state index in [0.717, 1.165) is 0 Å². The second kappa shape index (κ2) is 5.21. The van der Waals surface area contributed by atoms with Crippen LogP contribution < -0.4 is 0 Å². The lowest BCUT2D eigenvalue weighted by Crippen LogP contribution is -2.08. The third-order valence-electron chi connectivity index (χ3n) is 2.40. The van der Waals surface area contributed by atoms with E-state index in [2.05, 4.69) is 15.5 Å². The van der Waals surface area contributed by atoms with Gasteiger partial charge < -0.3 is 5.11 Å². The predicted molar refractivity (Wildman–Crippen MR) is 61.8 cm³/mol. The summed E-state index contributed by atoms with van der Waals surface area (Å²) < 4.78 is 1.18. The lowest BCUT2D eigenvalue weighted by Gasteiger charge is -2.04. The van der Waals surface area contributed by atoms with E-state index in [1.54, 1.807) is 6.07 Å². The zero-order valence-electron chi connectivity index (χ0n) is 9.63. The van der Waals surface area contributed by atoms with Gasteiger partial charge in [0.1, 0.15) is 5.69 Å². The van der Waals surface area contributed by atoms with Crippen LogP contribution in [0.25, 0.3) is 5.69 Å². The minimum Gasteiger partial charge on any atom is -0.481 e. The molecule has 98 valence electrons. The summed E-state index contributed by atoms with van der Waals surface area (Å²) in [5.74, 6) is -0.728. The number of carboxylic acid groups (broad SMARTS) is 1. The third kappa shape index (κ3) is 2.70. The topological polar surface area (TPSA) is 124 Å². The van der Waals surface area contributed by atoms with Crippen LogP contribution in [0.1, 0.15) is 12.2 Å². The number of nitro groups is 1. The van der Waals surface area contributed by atoms with Gasteiger partial charge in [-0.05, 0) is 16.5 Å². The maximum Gasteiger partial charge on any atom is 0.303 e. The normalized spacial score (nSPS) is 10.3. The minimum absolute atomic E-state index is 0.0916. The summed E-state index contributed by atoms with van der Waals surface area (Å²) in [5.41, 5.74) is 0.0595. The highest BCUT2D eigenvalue weighted by Crippen LogP contribution is 2.22. The van der Waals surface area contributed by atoms with Crippen LogP contribution in [0, 0.1) is 10.1 Å². The number of nitrogens with zero attached hydrogens (tertiary/aromatic N) is 5. The van der Waals surface area contributed by atoms with Crippen molar-refractivity contribution in [3.63, 3.8) is 0 Å². The number of tetrazole rings is 1. The van der Waals surface area contributed by atoms with Gasteiger partial charge in [0.25, 0.3) is 5.69 Å². The summed E-state index contributed by atoms with van der Waals surface area (Å²) >= 11 is 0. The van der Waals surface area contributed by atoms with E-state index < -0.39 is 10.9 Å². The van der Waals surface area contributed by atoms with Crippen molar-refractivity contribution in [3.05, 3.63) is 40.2 Å². The molecule has 0 amide bonds. The number of carboxylic acids is 1.